The van der Waals surface area contributed by atoms with E-state index in [1.165, 1.54) is 7.11 Å². The van der Waals surface area contributed by atoms with Gasteiger partial charge in [0.2, 0.25) is 0 Å². The van der Waals surface area contributed by atoms with E-state index in [-0.39, 0.29) is 5.91 Å². The first kappa shape index (κ1) is 17.2. The monoisotopic (exact) mass is 333 g/mol. The summed E-state index contributed by atoms with van der Waals surface area (Å²) < 4.78 is 11.0. The van der Waals surface area contributed by atoms with Crippen LogP contribution in [0.3, 0.4) is 0 Å². The highest BCUT2D eigenvalue weighted by Gasteiger charge is 2.17. The van der Waals surface area contributed by atoms with Crippen LogP contribution < -0.4 is 14.8 Å². The van der Waals surface area contributed by atoms with Gasteiger partial charge in [-0.05, 0) is 50.6 Å². The summed E-state index contributed by atoms with van der Waals surface area (Å²) in [5.74, 6) is 0.961. The summed E-state index contributed by atoms with van der Waals surface area (Å²) in [7, 11) is 1.54. The summed E-state index contributed by atoms with van der Waals surface area (Å²) >= 11 is 5.96. The van der Waals surface area contributed by atoms with E-state index in [0.29, 0.717) is 22.2 Å². The van der Waals surface area contributed by atoms with Crippen LogP contribution in [0.2, 0.25) is 5.02 Å². The summed E-state index contributed by atoms with van der Waals surface area (Å²) in [4.78, 5) is 12.3. The van der Waals surface area contributed by atoms with Crippen molar-refractivity contribution in [1.29, 1.82) is 0 Å². The Kier molecular flexibility index (Phi) is 5.50. The summed E-state index contributed by atoms with van der Waals surface area (Å²) in [6.07, 6.45) is -0.653. The quantitative estimate of drug-likeness (QED) is 0.883. The standard InChI is InChI=1S/C18H20ClNO3/c1-11-5-7-16(12(2)9-11)23-13(3)18(21)20-15-10-14(19)6-8-17(15)22-4/h5-10,13H,1-4H3,(H,20,21)/t13-/m0/s1. The van der Waals surface area contributed by atoms with Crippen LogP contribution in [0.25, 0.3) is 0 Å². The van der Waals surface area contributed by atoms with Gasteiger partial charge < -0.3 is 14.8 Å². The Bertz CT molecular complexity index is 715. The van der Waals surface area contributed by atoms with Crippen LogP contribution in [0.15, 0.2) is 36.4 Å². The number of benzene rings is 2. The van der Waals surface area contributed by atoms with Gasteiger partial charge in [0, 0.05) is 5.02 Å². The molecule has 0 saturated carbocycles. The minimum atomic E-state index is -0.653. The second-order valence-electron chi connectivity index (χ2n) is 5.36. The van der Waals surface area contributed by atoms with Crippen molar-refractivity contribution >= 4 is 23.2 Å². The molecule has 1 N–H and O–H groups in total. The molecule has 4 nitrogen and oxygen atoms in total. The fourth-order valence-electron chi connectivity index (χ4n) is 2.19. The second kappa shape index (κ2) is 7.38. The number of hydrogen-bond acceptors (Lipinski definition) is 3. The molecule has 5 heteroatoms. The molecule has 0 bridgehead atoms. The first-order valence-corrected chi connectivity index (χ1v) is 7.67. The van der Waals surface area contributed by atoms with Crippen molar-refractivity contribution in [2.45, 2.75) is 26.9 Å². The zero-order chi connectivity index (χ0) is 17.0. The molecule has 0 radical (unpaired) electrons. The average Bonchev–Trinajstić information content (AvgIpc) is 2.50. The average molecular weight is 334 g/mol. The van der Waals surface area contributed by atoms with E-state index in [0.717, 1.165) is 11.1 Å². The molecule has 0 aliphatic rings. The Balaban J connectivity index is 2.10. The molecule has 0 fully saturated rings. The van der Waals surface area contributed by atoms with Crippen LogP contribution in [0, 0.1) is 13.8 Å². The van der Waals surface area contributed by atoms with E-state index in [9.17, 15) is 4.79 Å². The van der Waals surface area contributed by atoms with Crippen molar-refractivity contribution in [1.82, 2.24) is 0 Å². The van der Waals surface area contributed by atoms with Gasteiger partial charge in [0.15, 0.2) is 6.10 Å². The molecular formula is C18H20ClNO3. The van der Waals surface area contributed by atoms with E-state index >= 15 is 0 Å². The molecule has 23 heavy (non-hydrogen) atoms. The number of amides is 1. The van der Waals surface area contributed by atoms with Gasteiger partial charge >= 0.3 is 0 Å². The summed E-state index contributed by atoms with van der Waals surface area (Å²) in [5.41, 5.74) is 2.65. The lowest BCUT2D eigenvalue weighted by molar-refractivity contribution is -0.122. The van der Waals surface area contributed by atoms with Gasteiger partial charge in [-0.15, -0.1) is 0 Å². The minimum absolute atomic E-state index is 0.273. The number of rotatable bonds is 5. The smallest absolute Gasteiger partial charge is 0.265 e. The molecular weight excluding hydrogens is 314 g/mol. The SMILES string of the molecule is COc1ccc(Cl)cc1NC(=O)[C@H](C)Oc1ccc(C)cc1C. The lowest BCUT2D eigenvalue weighted by atomic mass is 10.1. The number of methoxy groups -OCH3 is 1. The molecule has 2 rings (SSSR count). The van der Waals surface area contributed by atoms with Crippen molar-refractivity contribution in [2.75, 3.05) is 12.4 Å². The van der Waals surface area contributed by atoms with Gasteiger partial charge in [-0.3, -0.25) is 4.79 Å². The zero-order valence-electron chi connectivity index (χ0n) is 13.6. The molecule has 2 aromatic carbocycles. The van der Waals surface area contributed by atoms with Crippen LogP contribution in [0.1, 0.15) is 18.1 Å². The first-order chi connectivity index (χ1) is 10.9. The van der Waals surface area contributed by atoms with Gasteiger partial charge in [0.1, 0.15) is 11.5 Å². The Morgan fingerprint density at radius 3 is 2.48 bits per heavy atom. The van der Waals surface area contributed by atoms with Gasteiger partial charge in [-0.2, -0.15) is 0 Å². The van der Waals surface area contributed by atoms with Crippen molar-refractivity contribution in [3.05, 3.63) is 52.5 Å². The predicted molar refractivity (Wildman–Crippen MR) is 92.6 cm³/mol. The number of carbonyl (C=O) groups excluding carboxylic acids is 1. The Morgan fingerprint density at radius 1 is 1.13 bits per heavy atom. The molecule has 122 valence electrons. The molecule has 0 unspecified atom stereocenters. The maximum absolute atomic E-state index is 12.3. The summed E-state index contributed by atoms with van der Waals surface area (Å²) in [6, 6.07) is 10.9. The van der Waals surface area contributed by atoms with E-state index in [4.69, 9.17) is 21.1 Å². The van der Waals surface area contributed by atoms with E-state index in [1.54, 1.807) is 25.1 Å². The van der Waals surface area contributed by atoms with Gasteiger partial charge in [0.05, 0.1) is 12.8 Å². The molecule has 0 aliphatic heterocycles. The third kappa shape index (κ3) is 4.39. The Hall–Kier alpha value is -2.20. The molecule has 1 amide bonds. The normalized spacial score (nSPS) is 11.7. The maximum atomic E-state index is 12.3. The van der Waals surface area contributed by atoms with Gasteiger partial charge in [-0.1, -0.05) is 29.3 Å². The second-order valence-corrected chi connectivity index (χ2v) is 5.80. The van der Waals surface area contributed by atoms with Crippen molar-refractivity contribution in [3.63, 3.8) is 0 Å². The third-order valence-electron chi connectivity index (χ3n) is 3.42. The zero-order valence-corrected chi connectivity index (χ0v) is 14.4. The Labute approximate surface area is 141 Å². The first-order valence-electron chi connectivity index (χ1n) is 7.29. The van der Waals surface area contributed by atoms with Crippen LogP contribution in [-0.4, -0.2) is 19.1 Å². The number of anilines is 1. The molecule has 0 spiro atoms. The van der Waals surface area contributed by atoms with E-state index in [2.05, 4.69) is 5.32 Å². The molecule has 0 aromatic heterocycles. The van der Waals surface area contributed by atoms with Crippen molar-refractivity contribution in [2.24, 2.45) is 0 Å². The summed E-state index contributed by atoms with van der Waals surface area (Å²) in [5, 5.41) is 3.30. The van der Waals surface area contributed by atoms with Crippen molar-refractivity contribution in [3.8, 4) is 11.5 Å². The van der Waals surface area contributed by atoms with E-state index < -0.39 is 6.10 Å². The minimum Gasteiger partial charge on any atom is -0.495 e. The van der Waals surface area contributed by atoms with Crippen LogP contribution in [0.4, 0.5) is 5.69 Å². The fraction of sp³-hybridized carbons (Fsp3) is 0.278. The Morgan fingerprint density at radius 2 is 1.83 bits per heavy atom. The highest BCUT2D eigenvalue weighted by atomic mass is 35.5. The van der Waals surface area contributed by atoms with Crippen LogP contribution in [-0.2, 0) is 4.79 Å². The lowest BCUT2D eigenvalue weighted by Crippen LogP contribution is -2.30. The lowest BCUT2D eigenvalue weighted by Gasteiger charge is -2.17. The molecule has 0 aliphatic carbocycles. The number of hydrogen-bond donors (Lipinski definition) is 1. The largest absolute Gasteiger partial charge is 0.495 e. The predicted octanol–water partition coefficient (Wildman–Crippen LogP) is 4.37. The van der Waals surface area contributed by atoms with Gasteiger partial charge in [-0.25, -0.2) is 0 Å². The molecule has 1 atom stereocenters. The molecule has 0 heterocycles. The number of nitrogens with one attached hydrogen (secondary N) is 1. The highest BCUT2D eigenvalue weighted by molar-refractivity contribution is 6.31. The maximum Gasteiger partial charge on any atom is 0.265 e. The summed E-state index contributed by atoms with van der Waals surface area (Å²) in [6.45, 7) is 5.66. The number of halogens is 1. The molecule has 2 aromatic rings. The number of ether oxygens (including phenoxy) is 2. The van der Waals surface area contributed by atoms with Gasteiger partial charge in [0.25, 0.3) is 5.91 Å². The highest BCUT2D eigenvalue weighted by Crippen LogP contribution is 2.28. The topological polar surface area (TPSA) is 47.6 Å². The van der Waals surface area contributed by atoms with Crippen molar-refractivity contribution < 1.29 is 14.3 Å². The third-order valence-corrected chi connectivity index (χ3v) is 3.66. The molecule has 0 saturated heterocycles. The fourth-order valence-corrected chi connectivity index (χ4v) is 2.36. The van der Waals surface area contributed by atoms with Crippen LogP contribution in [0.5, 0.6) is 11.5 Å². The number of carbonyl (C=O) groups is 1. The van der Waals surface area contributed by atoms with E-state index in [1.807, 2.05) is 32.0 Å². The number of aryl methyl sites for hydroxylation is 2. The van der Waals surface area contributed by atoms with Crippen LogP contribution >= 0.6 is 11.6 Å².